The molecule has 206 valence electrons. The molecule has 2 bridgehead atoms. The van der Waals surface area contributed by atoms with Crippen LogP contribution in [0.25, 0.3) is 33.1 Å². The monoisotopic (exact) mass is 555 g/mol. The number of fused-ring (bicyclic) bond motifs is 9. The first-order valence-corrected chi connectivity index (χ1v) is 14.0. The van der Waals surface area contributed by atoms with E-state index in [0.717, 1.165) is 55.7 Å². The molecule has 1 aliphatic carbocycles. The number of hydrogen-bond donors (Lipinski definition) is 1. The number of nitrogens with zero attached hydrogens (tertiary/aromatic N) is 3. The van der Waals surface area contributed by atoms with Gasteiger partial charge in [-0.2, -0.15) is 0 Å². The van der Waals surface area contributed by atoms with Crippen LogP contribution in [0.1, 0.15) is 35.5 Å². The van der Waals surface area contributed by atoms with Crippen molar-refractivity contribution in [2.45, 2.75) is 31.4 Å². The molecule has 1 unspecified atom stereocenters. The van der Waals surface area contributed by atoms with Gasteiger partial charge in [-0.1, -0.05) is 61.5 Å². The van der Waals surface area contributed by atoms with Crippen molar-refractivity contribution in [1.29, 1.82) is 0 Å². The Balaban J connectivity index is 1.17. The lowest BCUT2D eigenvalue weighted by molar-refractivity contribution is -0.139. The number of carbonyl (C=O) groups is 1. The highest BCUT2D eigenvalue weighted by molar-refractivity contribution is 5.85. The molecule has 4 aromatic carbocycles. The van der Waals surface area contributed by atoms with Crippen molar-refractivity contribution < 1.29 is 19.0 Å². The zero-order valence-corrected chi connectivity index (χ0v) is 22.8. The van der Waals surface area contributed by atoms with Crippen LogP contribution in [0.4, 0.5) is 4.39 Å². The summed E-state index contributed by atoms with van der Waals surface area (Å²) < 4.78 is 22.0. The number of aliphatic carboxylic acids is 1. The number of carboxylic acids is 1. The van der Waals surface area contributed by atoms with Gasteiger partial charge in [-0.15, -0.1) is 0 Å². The number of para-hydroxylation sites is 1. The molecule has 0 radical (unpaired) electrons. The van der Waals surface area contributed by atoms with Gasteiger partial charge in [0.15, 0.2) is 0 Å². The molecular weight excluding hydrogens is 529 g/mol. The van der Waals surface area contributed by atoms with E-state index in [9.17, 15) is 14.3 Å². The van der Waals surface area contributed by atoms with Gasteiger partial charge in [0.25, 0.3) is 0 Å². The number of benzene rings is 4. The average Bonchev–Trinajstić information content (AvgIpc) is 3.49. The molecule has 0 spiro atoms. The lowest BCUT2D eigenvalue weighted by Crippen LogP contribution is -2.16. The fourth-order valence-electron chi connectivity index (χ4n) is 6.83. The Morgan fingerprint density at radius 2 is 1.81 bits per heavy atom. The van der Waals surface area contributed by atoms with E-state index in [1.54, 1.807) is 12.1 Å². The number of aromatic nitrogens is 3. The molecular formula is C35H26FN3O3. The first kappa shape index (κ1) is 24.7. The van der Waals surface area contributed by atoms with Gasteiger partial charge in [-0.3, -0.25) is 4.79 Å². The molecule has 0 saturated heterocycles. The summed E-state index contributed by atoms with van der Waals surface area (Å²) in [5.41, 5.74) is 6.63. The van der Waals surface area contributed by atoms with Crippen LogP contribution in [0, 0.1) is 11.7 Å². The summed E-state index contributed by atoms with van der Waals surface area (Å²) in [6, 6.07) is 30.4. The highest BCUT2D eigenvalue weighted by Gasteiger charge is 2.69. The van der Waals surface area contributed by atoms with Crippen LogP contribution < -0.4 is 4.74 Å². The Bertz CT molecular complexity index is 2050. The number of hydrogen-bond acceptors (Lipinski definition) is 4. The first-order chi connectivity index (χ1) is 20.4. The van der Waals surface area contributed by atoms with Gasteiger partial charge < -0.3 is 14.4 Å². The third kappa shape index (κ3) is 3.73. The normalized spacial score (nSPS) is 20.4. The second-order valence-electron chi connectivity index (χ2n) is 11.5. The molecule has 2 aliphatic rings. The summed E-state index contributed by atoms with van der Waals surface area (Å²) in [4.78, 5) is 22.3. The first-order valence-electron chi connectivity index (χ1n) is 14.0. The largest absolute Gasteiger partial charge is 0.487 e. The van der Waals surface area contributed by atoms with Crippen LogP contribution >= 0.6 is 0 Å². The van der Waals surface area contributed by atoms with Gasteiger partial charge in [0, 0.05) is 29.3 Å². The maximum absolute atomic E-state index is 13.7. The fourth-order valence-corrected chi connectivity index (χ4v) is 6.83. The van der Waals surface area contributed by atoms with Crippen LogP contribution in [-0.2, 0) is 23.4 Å². The van der Waals surface area contributed by atoms with Crippen LogP contribution in [0.15, 0.2) is 97.1 Å². The van der Waals surface area contributed by atoms with Gasteiger partial charge in [0.1, 0.15) is 24.0 Å². The van der Waals surface area contributed by atoms with E-state index in [1.165, 1.54) is 12.1 Å². The molecule has 1 aliphatic heterocycles. The molecule has 6 aromatic rings. The van der Waals surface area contributed by atoms with E-state index >= 15 is 0 Å². The maximum Gasteiger partial charge on any atom is 0.308 e. The SMILES string of the molecule is CC12c3cc(ccc3-c3ccc(F)cc3)Cn3c(nc4cc(OCc5ccc6ccccc6n5)ccc43)[C@@H]1[C@@H]2C(=O)O. The lowest BCUT2D eigenvalue weighted by Gasteiger charge is -2.22. The van der Waals surface area contributed by atoms with E-state index < -0.39 is 17.3 Å². The molecule has 1 N–H and O–H groups in total. The molecule has 1 saturated carbocycles. The van der Waals surface area contributed by atoms with Crippen LogP contribution in [-0.4, -0.2) is 25.6 Å². The molecule has 3 heterocycles. The molecule has 2 aromatic heterocycles. The summed E-state index contributed by atoms with van der Waals surface area (Å²) in [5, 5.41) is 11.4. The van der Waals surface area contributed by atoms with Crippen LogP contribution in [0.5, 0.6) is 5.75 Å². The predicted octanol–water partition coefficient (Wildman–Crippen LogP) is 7.09. The Morgan fingerprint density at radius 3 is 2.64 bits per heavy atom. The molecule has 7 heteroatoms. The molecule has 3 atom stereocenters. The summed E-state index contributed by atoms with van der Waals surface area (Å²) in [6.07, 6.45) is 0. The van der Waals surface area contributed by atoms with Crippen LogP contribution in [0.2, 0.25) is 0 Å². The Labute approximate surface area is 241 Å². The Kier molecular flexibility index (Phi) is 5.29. The van der Waals surface area contributed by atoms with E-state index in [4.69, 9.17) is 14.7 Å². The van der Waals surface area contributed by atoms with E-state index in [1.807, 2.05) is 67.6 Å². The fraction of sp³-hybridized carbons (Fsp3) is 0.171. The van der Waals surface area contributed by atoms with Crippen molar-refractivity contribution >= 4 is 27.9 Å². The topological polar surface area (TPSA) is 77.2 Å². The average molecular weight is 556 g/mol. The highest BCUT2D eigenvalue weighted by Crippen LogP contribution is 2.67. The molecule has 1 fully saturated rings. The molecule has 8 rings (SSSR count). The van der Waals surface area contributed by atoms with E-state index in [-0.39, 0.29) is 11.7 Å². The Hall–Kier alpha value is -5.04. The standard InChI is InChI=1S/C35H26FN3O3/c1-35-27-16-20(6-14-26(27)21-7-10-23(36)11-8-21)18-39-30-15-13-25(17-29(30)38-33(39)31(35)32(35)34(40)41)42-19-24-12-9-22-4-2-3-5-28(22)37-24/h2-17,31-32H,18-19H2,1H3,(H,40,41)/t31-,32+,35?/m0/s1. The summed E-state index contributed by atoms with van der Waals surface area (Å²) in [5.74, 6) is -0.632. The van der Waals surface area contributed by atoms with Crippen molar-refractivity contribution in [1.82, 2.24) is 14.5 Å². The molecule has 0 amide bonds. The van der Waals surface area contributed by atoms with Crippen molar-refractivity contribution in [2.24, 2.45) is 5.92 Å². The number of carboxylic acid groups (broad SMARTS) is 1. The Morgan fingerprint density at radius 1 is 0.976 bits per heavy atom. The number of rotatable bonds is 5. The quantitative estimate of drug-likeness (QED) is 0.246. The highest BCUT2D eigenvalue weighted by atomic mass is 19.1. The summed E-state index contributed by atoms with van der Waals surface area (Å²) in [6.45, 7) is 2.91. The van der Waals surface area contributed by atoms with Crippen molar-refractivity contribution in [2.75, 3.05) is 0 Å². The smallest absolute Gasteiger partial charge is 0.308 e. The molecule has 6 nitrogen and oxygen atoms in total. The van der Waals surface area contributed by atoms with Crippen molar-refractivity contribution in [3.63, 3.8) is 0 Å². The zero-order chi connectivity index (χ0) is 28.6. The maximum atomic E-state index is 13.7. The third-order valence-electron chi connectivity index (χ3n) is 9.01. The van der Waals surface area contributed by atoms with E-state index in [2.05, 4.69) is 16.7 Å². The lowest BCUT2D eigenvalue weighted by atomic mass is 9.84. The minimum absolute atomic E-state index is 0.302. The summed E-state index contributed by atoms with van der Waals surface area (Å²) >= 11 is 0. The third-order valence-corrected chi connectivity index (χ3v) is 9.01. The second kappa shape index (κ2) is 8.98. The van der Waals surface area contributed by atoms with Gasteiger partial charge in [0.05, 0.1) is 28.2 Å². The second-order valence-corrected chi connectivity index (χ2v) is 11.5. The number of pyridine rings is 1. The van der Waals surface area contributed by atoms with Gasteiger partial charge in [0.2, 0.25) is 0 Å². The number of halogens is 1. The van der Waals surface area contributed by atoms with E-state index in [0.29, 0.717) is 18.9 Å². The zero-order valence-electron chi connectivity index (χ0n) is 22.8. The van der Waals surface area contributed by atoms with Gasteiger partial charge in [-0.25, -0.2) is 14.4 Å². The minimum Gasteiger partial charge on any atom is -0.487 e. The van der Waals surface area contributed by atoms with Gasteiger partial charge >= 0.3 is 5.97 Å². The van der Waals surface area contributed by atoms with Crippen molar-refractivity contribution in [3.05, 3.63) is 126 Å². The number of imidazole rings is 1. The molecule has 42 heavy (non-hydrogen) atoms. The minimum atomic E-state index is -0.842. The summed E-state index contributed by atoms with van der Waals surface area (Å²) in [7, 11) is 0. The van der Waals surface area contributed by atoms with Crippen molar-refractivity contribution in [3.8, 4) is 16.9 Å². The number of ether oxygens (including phenoxy) is 1. The predicted molar refractivity (Wildman–Crippen MR) is 158 cm³/mol. The van der Waals surface area contributed by atoms with Gasteiger partial charge in [-0.05, 0) is 58.7 Å². The van der Waals surface area contributed by atoms with Crippen LogP contribution in [0.3, 0.4) is 0 Å².